The van der Waals surface area contributed by atoms with Crippen LogP contribution in [0.15, 0.2) is 11.6 Å². The van der Waals surface area contributed by atoms with Crippen LogP contribution >= 0.6 is 0 Å². The fourth-order valence-corrected chi connectivity index (χ4v) is 3.24. The summed E-state index contributed by atoms with van der Waals surface area (Å²) in [6, 6.07) is -0.485. The van der Waals surface area contributed by atoms with Gasteiger partial charge in [0.05, 0.1) is 24.3 Å². The third kappa shape index (κ3) is 3.81. The first-order valence-electron chi connectivity index (χ1n) is 8.87. The zero-order valence-corrected chi connectivity index (χ0v) is 17.0. The van der Waals surface area contributed by atoms with Gasteiger partial charge in [-0.25, -0.2) is 9.59 Å². The first kappa shape index (κ1) is 21.3. The van der Waals surface area contributed by atoms with Gasteiger partial charge in [-0.3, -0.25) is 4.79 Å². The third-order valence-corrected chi connectivity index (χ3v) is 4.92. The van der Waals surface area contributed by atoms with E-state index in [1.165, 1.54) is 12.0 Å². The summed E-state index contributed by atoms with van der Waals surface area (Å²) >= 11 is 0. The van der Waals surface area contributed by atoms with Crippen LogP contribution in [0.1, 0.15) is 53.2 Å². The summed E-state index contributed by atoms with van der Waals surface area (Å²) in [7, 11) is 4.55. The number of hydrogen-bond acceptors (Lipinski definition) is 5. The number of anilines is 1. The van der Waals surface area contributed by atoms with Crippen molar-refractivity contribution in [3.8, 4) is 5.75 Å². The largest absolute Gasteiger partial charge is 0.496 e. The van der Waals surface area contributed by atoms with E-state index in [0.717, 1.165) is 5.57 Å². The molecule has 0 saturated heterocycles. The molecule has 0 radical (unpaired) electrons. The van der Waals surface area contributed by atoms with Crippen LogP contribution in [-0.4, -0.2) is 49.2 Å². The zero-order valence-electron chi connectivity index (χ0n) is 17.0. The van der Waals surface area contributed by atoms with Crippen molar-refractivity contribution in [3.05, 3.63) is 33.9 Å². The van der Waals surface area contributed by atoms with E-state index in [1.54, 1.807) is 21.0 Å². The number of cyclic esters (lactones) is 1. The number of ether oxygens (including phenoxy) is 2. The highest BCUT2D eigenvalue weighted by atomic mass is 16.5. The third-order valence-electron chi connectivity index (χ3n) is 4.92. The quantitative estimate of drug-likeness (QED) is 0.570. The Labute approximate surface area is 164 Å². The minimum atomic E-state index is -1.08. The van der Waals surface area contributed by atoms with Crippen LogP contribution in [0.3, 0.4) is 0 Å². The van der Waals surface area contributed by atoms with Gasteiger partial charge in [-0.1, -0.05) is 11.6 Å². The number of carbonyl (C=O) groups excluding carboxylic acids is 2. The van der Waals surface area contributed by atoms with Gasteiger partial charge in [0.1, 0.15) is 12.4 Å². The van der Waals surface area contributed by atoms with Crippen LogP contribution in [0.25, 0.3) is 0 Å². The zero-order chi connectivity index (χ0) is 21.2. The Kier molecular flexibility index (Phi) is 6.33. The maximum atomic E-state index is 12.4. The van der Waals surface area contributed by atoms with Crippen LogP contribution in [0.5, 0.6) is 5.75 Å². The van der Waals surface area contributed by atoms with Crippen LogP contribution in [0.2, 0.25) is 0 Å². The molecule has 8 nitrogen and oxygen atoms in total. The molecular weight excluding hydrogens is 364 g/mol. The van der Waals surface area contributed by atoms with Crippen LogP contribution in [0.4, 0.5) is 10.5 Å². The molecule has 0 bridgehead atoms. The van der Waals surface area contributed by atoms with E-state index in [9.17, 15) is 19.5 Å². The van der Waals surface area contributed by atoms with Gasteiger partial charge in [0.25, 0.3) is 0 Å². The summed E-state index contributed by atoms with van der Waals surface area (Å²) < 4.78 is 10.7. The summed E-state index contributed by atoms with van der Waals surface area (Å²) in [5.74, 6) is -2.35. The molecular formula is C20H26N2O6. The molecule has 1 unspecified atom stereocenters. The molecule has 1 aliphatic heterocycles. The molecule has 0 fully saturated rings. The van der Waals surface area contributed by atoms with Gasteiger partial charge in [-0.15, -0.1) is 0 Å². The lowest BCUT2D eigenvalue weighted by molar-refractivity contribution is -0.138. The highest BCUT2D eigenvalue weighted by Crippen LogP contribution is 2.46. The van der Waals surface area contributed by atoms with Crippen LogP contribution in [-0.2, 0) is 16.1 Å². The molecule has 0 aliphatic carbocycles. The minimum absolute atomic E-state index is 0.0487. The molecule has 0 spiro atoms. The highest BCUT2D eigenvalue weighted by Gasteiger charge is 2.37. The van der Waals surface area contributed by atoms with Gasteiger partial charge in [0, 0.05) is 25.2 Å². The van der Waals surface area contributed by atoms with E-state index in [2.05, 4.69) is 5.32 Å². The number of amides is 2. The van der Waals surface area contributed by atoms with Crippen molar-refractivity contribution < 1.29 is 29.0 Å². The van der Waals surface area contributed by atoms with E-state index >= 15 is 0 Å². The van der Waals surface area contributed by atoms with Crippen molar-refractivity contribution in [1.29, 1.82) is 0 Å². The molecule has 2 N–H and O–H groups in total. The first-order chi connectivity index (χ1) is 13.1. The Morgan fingerprint density at radius 2 is 2.04 bits per heavy atom. The molecule has 2 amide bonds. The Balaban J connectivity index is 2.85. The maximum absolute atomic E-state index is 12.4. The number of benzene rings is 1. The predicted octanol–water partition coefficient (Wildman–Crippen LogP) is 3.29. The molecule has 0 aromatic heterocycles. The first-order valence-corrected chi connectivity index (χ1v) is 8.87. The Bertz CT molecular complexity index is 857. The number of nitrogens with one attached hydrogen (secondary N) is 1. The molecule has 1 aromatic carbocycles. The SMILES string of the molecule is CC=C(C)CC(C(=O)O)c1c(NC(=O)N(C)C)c2c(c(C)c1OC)COC2=O. The molecule has 28 heavy (non-hydrogen) atoms. The van der Waals surface area contributed by atoms with Gasteiger partial charge in [0.15, 0.2) is 0 Å². The van der Waals surface area contributed by atoms with Crippen molar-refractivity contribution in [2.24, 2.45) is 0 Å². The number of hydrogen-bond donors (Lipinski definition) is 2. The summed E-state index contributed by atoms with van der Waals surface area (Å²) in [6.07, 6.45) is 2.04. The van der Waals surface area contributed by atoms with Crippen LogP contribution < -0.4 is 10.1 Å². The average Bonchev–Trinajstić information content (AvgIpc) is 3.03. The number of carboxylic acids is 1. The van der Waals surface area contributed by atoms with E-state index in [4.69, 9.17) is 9.47 Å². The summed E-state index contributed by atoms with van der Waals surface area (Å²) in [5, 5.41) is 12.6. The summed E-state index contributed by atoms with van der Waals surface area (Å²) in [6.45, 7) is 5.45. The number of carboxylic acid groups (broad SMARTS) is 1. The Morgan fingerprint density at radius 1 is 1.39 bits per heavy atom. The predicted molar refractivity (Wildman–Crippen MR) is 104 cm³/mol. The Hall–Kier alpha value is -3.03. The van der Waals surface area contributed by atoms with Gasteiger partial charge in [0.2, 0.25) is 0 Å². The molecule has 0 saturated carbocycles. The van der Waals surface area contributed by atoms with Crippen molar-refractivity contribution in [2.45, 2.75) is 39.7 Å². The second kappa shape index (κ2) is 8.33. The van der Waals surface area contributed by atoms with E-state index in [1.807, 2.05) is 19.9 Å². The molecule has 2 rings (SSSR count). The fraction of sp³-hybridized carbons (Fsp3) is 0.450. The summed E-state index contributed by atoms with van der Waals surface area (Å²) in [5.41, 5.74) is 2.67. The number of methoxy groups -OCH3 is 1. The number of carbonyl (C=O) groups is 3. The molecule has 1 aliphatic rings. The lowest BCUT2D eigenvalue weighted by Crippen LogP contribution is -2.30. The summed E-state index contributed by atoms with van der Waals surface area (Å²) in [4.78, 5) is 38.3. The van der Waals surface area contributed by atoms with Crippen LogP contribution in [0, 0.1) is 6.92 Å². The van der Waals surface area contributed by atoms with E-state index in [0.29, 0.717) is 16.9 Å². The molecule has 1 aromatic rings. The molecule has 152 valence electrons. The van der Waals surface area contributed by atoms with Gasteiger partial charge < -0.3 is 24.8 Å². The Morgan fingerprint density at radius 3 is 2.54 bits per heavy atom. The number of nitrogens with zero attached hydrogens (tertiary/aromatic N) is 1. The number of allylic oxidation sites excluding steroid dienone is 2. The lowest BCUT2D eigenvalue weighted by atomic mass is 9.85. The second-order valence-corrected chi connectivity index (χ2v) is 6.93. The number of esters is 1. The molecule has 1 heterocycles. The average molecular weight is 390 g/mol. The van der Waals surface area contributed by atoms with Crippen molar-refractivity contribution in [1.82, 2.24) is 4.90 Å². The van der Waals surface area contributed by atoms with Crippen molar-refractivity contribution in [2.75, 3.05) is 26.5 Å². The molecule has 8 heteroatoms. The standard InChI is InChI=1S/C20H26N2O6/c1-7-10(2)8-12(18(23)24)14-16(21-20(26)22(4)5)15-13(9-28-19(15)25)11(3)17(14)27-6/h7,12H,8-9H2,1-6H3,(H,21,26)(H,23,24). The van der Waals surface area contributed by atoms with E-state index in [-0.39, 0.29) is 29.8 Å². The number of fused-ring (bicyclic) bond motifs is 1. The van der Waals surface area contributed by atoms with Crippen molar-refractivity contribution in [3.63, 3.8) is 0 Å². The van der Waals surface area contributed by atoms with Gasteiger partial charge in [-0.2, -0.15) is 0 Å². The fourth-order valence-electron chi connectivity index (χ4n) is 3.24. The minimum Gasteiger partial charge on any atom is -0.496 e. The monoisotopic (exact) mass is 390 g/mol. The smallest absolute Gasteiger partial charge is 0.341 e. The van der Waals surface area contributed by atoms with Crippen molar-refractivity contribution >= 4 is 23.7 Å². The highest BCUT2D eigenvalue weighted by molar-refractivity contribution is 6.06. The van der Waals surface area contributed by atoms with E-state index < -0.39 is 23.9 Å². The van der Waals surface area contributed by atoms with Gasteiger partial charge in [-0.05, 0) is 32.8 Å². The lowest BCUT2D eigenvalue weighted by Gasteiger charge is -2.25. The maximum Gasteiger partial charge on any atom is 0.341 e. The topological polar surface area (TPSA) is 105 Å². The number of rotatable bonds is 6. The number of urea groups is 1. The number of aliphatic carboxylic acids is 1. The van der Waals surface area contributed by atoms with Gasteiger partial charge >= 0.3 is 18.0 Å². The second-order valence-electron chi connectivity index (χ2n) is 6.93. The molecule has 1 atom stereocenters. The normalized spacial score (nSPS) is 14.2.